The first-order valence-electron chi connectivity index (χ1n) is 11.6. The number of aliphatic carboxylic acids is 1. The number of nitrogens with zero attached hydrogens (tertiary/aromatic N) is 3. The number of nitriles is 3. The van der Waals surface area contributed by atoms with Crippen LogP contribution >= 0.6 is 0 Å². The lowest BCUT2D eigenvalue weighted by atomic mass is 9.98. The Morgan fingerprint density at radius 2 is 1.45 bits per heavy atom. The average Bonchev–Trinajstić information content (AvgIpc) is 3.26. The summed E-state index contributed by atoms with van der Waals surface area (Å²) in [6.07, 6.45) is -0.843. The fourth-order valence-electron chi connectivity index (χ4n) is 4.37. The molecule has 0 saturated carbocycles. The molecule has 1 amide bonds. The Bertz CT molecular complexity index is 1480. The predicted octanol–water partition coefficient (Wildman–Crippen LogP) is 4.46. The molecule has 1 unspecified atom stereocenters. The van der Waals surface area contributed by atoms with Crippen molar-refractivity contribution >= 4 is 17.7 Å². The van der Waals surface area contributed by atoms with E-state index in [0.29, 0.717) is 11.3 Å². The van der Waals surface area contributed by atoms with Crippen molar-refractivity contribution in [3.05, 3.63) is 101 Å². The largest absolute Gasteiger partial charge is 0.480 e. The van der Waals surface area contributed by atoms with Crippen molar-refractivity contribution in [2.75, 3.05) is 11.9 Å². The second-order valence-corrected chi connectivity index (χ2v) is 8.47. The molecule has 3 aromatic rings. The SMILES string of the molecule is N#CC(C#N)=C(C#N)Nc1ccc(CC(NC(=O)OCC2c3ccccc3-c3ccccc32)C(=O)O)cc1. The number of carboxylic acids is 1. The minimum atomic E-state index is -1.23. The van der Waals surface area contributed by atoms with Crippen LogP contribution < -0.4 is 10.6 Å². The maximum atomic E-state index is 12.6. The van der Waals surface area contributed by atoms with E-state index in [1.54, 1.807) is 42.5 Å². The molecule has 9 nitrogen and oxygen atoms in total. The first-order chi connectivity index (χ1) is 18.4. The lowest BCUT2D eigenvalue weighted by molar-refractivity contribution is -0.139. The highest BCUT2D eigenvalue weighted by Crippen LogP contribution is 2.44. The van der Waals surface area contributed by atoms with Gasteiger partial charge in [-0.3, -0.25) is 0 Å². The molecule has 0 fully saturated rings. The van der Waals surface area contributed by atoms with Gasteiger partial charge >= 0.3 is 12.1 Å². The van der Waals surface area contributed by atoms with Crippen LogP contribution in [0.25, 0.3) is 11.1 Å². The minimum Gasteiger partial charge on any atom is -0.480 e. The number of nitrogens with one attached hydrogen (secondary N) is 2. The number of benzene rings is 3. The number of anilines is 1. The monoisotopic (exact) mass is 503 g/mol. The quantitative estimate of drug-likeness (QED) is 0.380. The van der Waals surface area contributed by atoms with Crippen molar-refractivity contribution in [1.29, 1.82) is 15.8 Å². The molecule has 1 aliphatic rings. The predicted molar refractivity (Wildman–Crippen MR) is 137 cm³/mol. The summed E-state index contributed by atoms with van der Waals surface area (Å²) in [4.78, 5) is 24.4. The molecule has 0 heterocycles. The highest BCUT2D eigenvalue weighted by molar-refractivity contribution is 5.81. The van der Waals surface area contributed by atoms with Crippen molar-refractivity contribution in [3.63, 3.8) is 0 Å². The normalized spacial score (nSPS) is 11.9. The zero-order valence-electron chi connectivity index (χ0n) is 20.0. The van der Waals surface area contributed by atoms with Crippen LogP contribution in [0.5, 0.6) is 0 Å². The number of hydrogen-bond acceptors (Lipinski definition) is 7. The lowest BCUT2D eigenvalue weighted by Crippen LogP contribution is -2.42. The molecule has 1 atom stereocenters. The molecule has 0 radical (unpaired) electrons. The third-order valence-corrected chi connectivity index (χ3v) is 6.18. The highest BCUT2D eigenvalue weighted by Gasteiger charge is 2.29. The molecule has 3 aromatic carbocycles. The molecular weight excluding hydrogens is 482 g/mol. The van der Waals surface area contributed by atoms with Crippen molar-refractivity contribution in [3.8, 4) is 29.3 Å². The van der Waals surface area contributed by atoms with Gasteiger partial charge in [-0.1, -0.05) is 60.7 Å². The van der Waals surface area contributed by atoms with Crippen molar-refractivity contribution in [2.24, 2.45) is 0 Å². The second kappa shape index (κ2) is 11.4. The molecule has 1 aliphatic carbocycles. The molecular formula is C29H21N5O4. The summed E-state index contributed by atoms with van der Waals surface area (Å²) in [5.74, 6) is -1.37. The van der Waals surface area contributed by atoms with E-state index in [2.05, 4.69) is 10.6 Å². The summed E-state index contributed by atoms with van der Waals surface area (Å²) >= 11 is 0. The van der Waals surface area contributed by atoms with Gasteiger partial charge in [0.25, 0.3) is 0 Å². The number of rotatable bonds is 8. The number of fused-ring (bicyclic) bond motifs is 3. The highest BCUT2D eigenvalue weighted by atomic mass is 16.5. The summed E-state index contributed by atoms with van der Waals surface area (Å²) in [6.45, 7) is 0.0642. The van der Waals surface area contributed by atoms with Crippen LogP contribution in [-0.2, 0) is 16.0 Å². The Balaban J connectivity index is 1.39. The average molecular weight is 504 g/mol. The summed E-state index contributed by atoms with van der Waals surface area (Å²) in [5.41, 5.74) is 4.78. The summed E-state index contributed by atoms with van der Waals surface area (Å²) < 4.78 is 5.47. The van der Waals surface area contributed by atoms with Gasteiger partial charge in [-0.15, -0.1) is 0 Å². The van der Waals surface area contributed by atoms with E-state index >= 15 is 0 Å². The summed E-state index contributed by atoms with van der Waals surface area (Å²) in [7, 11) is 0. The maximum absolute atomic E-state index is 12.6. The van der Waals surface area contributed by atoms with Gasteiger partial charge in [-0.05, 0) is 39.9 Å². The smallest absolute Gasteiger partial charge is 0.407 e. The summed E-state index contributed by atoms with van der Waals surface area (Å²) in [5, 5.41) is 41.8. The number of allylic oxidation sites excluding steroid dienone is 2. The van der Waals surface area contributed by atoms with Crippen LogP contribution in [-0.4, -0.2) is 29.8 Å². The molecule has 3 N–H and O–H groups in total. The van der Waals surface area contributed by atoms with Gasteiger partial charge in [-0.25, -0.2) is 9.59 Å². The standard InChI is InChI=1S/C29H21N5O4/c30-14-19(15-31)27(16-32)33-20-11-9-18(10-12-20)13-26(28(35)36)34-29(37)38-17-25-23-7-3-1-5-21(23)22-6-2-4-8-24(22)25/h1-12,25-26,33H,13,17H2,(H,34,37)(H,35,36). The van der Waals surface area contributed by atoms with E-state index < -0.39 is 18.1 Å². The number of hydrogen-bond donors (Lipinski definition) is 3. The van der Waals surface area contributed by atoms with Gasteiger partial charge in [-0.2, -0.15) is 15.8 Å². The Labute approximate surface area is 218 Å². The Hall–Kier alpha value is -5.59. The van der Waals surface area contributed by atoms with E-state index in [0.717, 1.165) is 22.3 Å². The number of alkyl carbamates (subject to hydrolysis) is 1. The Morgan fingerprint density at radius 1 is 0.868 bits per heavy atom. The molecule has 0 bridgehead atoms. The van der Waals surface area contributed by atoms with Gasteiger partial charge in [0, 0.05) is 18.0 Å². The van der Waals surface area contributed by atoms with Gasteiger partial charge in [0.15, 0.2) is 5.57 Å². The number of carbonyl (C=O) groups is 2. The fourth-order valence-corrected chi connectivity index (χ4v) is 4.37. The number of carboxylic acid groups (broad SMARTS) is 1. The Morgan fingerprint density at radius 3 is 1.97 bits per heavy atom. The second-order valence-electron chi connectivity index (χ2n) is 8.47. The first-order valence-corrected chi connectivity index (χ1v) is 11.6. The maximum Gasteiger partial charge on any atom is 0.407 e. The van der Waals surface area contributed by atoms with Crippen molar-refractivity contribution < 1.29 is 19.4 Å². The van der Waals surface area contributed by atoms with Crippen LogP contribution in [0, 0.1) is 34.0 Å². The third-order valence-electron chi connectivity index (χ3n) is 6.18. The van der Waals surface area contributed by atoms with E-state index in [1.807, 2.05) is 48.5 Å². The fraction of sp³-hybridized carbons (Fsp3) is 0.138. The Kier molecular flexibility index (Phi) is 7.67. The minimum absolute atomic E-state index is 0.0115. The van der Waals surface area contributed by atoms with Crippen molar-refractivity contribution in [2.45, 2.75) is 18.4 Å². The van der Waals surface area contributed by atoms with Gasteiger partial charge in [0.2, 0.25) is 0 Å². The van der Waals surface area contributed by atoms with Gasteiger partial charge < -0.3 is 20.5 Å². The van der Waals surface area contributed by atoms with E-state index in [-0.39, 0.29) is 30.2 Å². The third kappa shape index (κ3) is 5.46. The van der Waals surface area contributed by atoms with Crippen molar-refractivity contribution in [1.82, 2.24) is 5.32 Å². The van der Waals surface area contributed by atoms with Crippen LogP contribution in [0.2, 0.25) is 0 Å². The van der Waals surface area contributed by atoms with E-state index in [9.17, 15) is 14.7 Å². The molecule has 0 spiro atoms. The molecule has 38 heavy (non-hydrogen) atoms. The van der Waals surface area contributed by atoms with E-state index in [4.69, 9.17) is 20.5 Å². The topological polar surface area (TPSA) is 159 Å². The molecule has 0 aromatic heterocycles. The van der Waals surface area contributed by atoms with Crippen LogP contribution in [0.1, 0.15) is 22.6 Å². The number of ether oxygens (including phenoxy) is 1. The molecule has 4 rings (SSSR count). The van der Waals surface area contributed by atoms with Gasteiger partial charge in [0.05, 0.1) is 0 Å². The number of amides is 1. The van der Waals surface area contributed by atoms with E-state index in [1.165, 1.54) is 0 Å². The number of carbonyl (C=O) groups excluding carboxylic acids is 1. The van der Waals surface area contributed by atoms with Crippen LogP contribution in [0.3, 0.4) is 0 Å². The van der Waals surface area contributed by atoms with Crippen LogP contribution in [0.15, 0.2) is 84.1 Å². The molecule has 9 heteroatoms. The molecule has 0 saturated heterocycles. The first kappa shape index (κ1) is 25.5. The zero-order chi connectivity index (χ0) is 27.1. The molecule has 0 aliphatic heterocycles. The lowest BCUT2D eigenvalue weighted by Gasteiger charge is -2.17. The molecule has 186 valence electrons. The summed E-state index contributed by atoms with van der Waals surface area (Å²) in [6, 6.07) is 26.0. The zero-order valence-corrected chi connectivity index (χ0v) is 20.0. The van der Waals surface area contributed by atoms with Gasteiger partial charge in [0.1, 0.15) is 36.6 Å². The van der Waals surface area contributed by atoms with Crippen LogP contribution in [0.4, 0.5) is 10.5 Å².